The number of nitrogens with one attached hydrogen (secondary N) is 1. The largest absolute Gasteiger partial charge is 0.376 e. The molecule has 2 aliphatic rings. The van der Waals surface area contributed by atoms with E-state index in [2.05, 4.69) is 50.5 Å². The standard InChI is InChI=1S/C22H28N4O2/c27-21(24-16-19-7-4-14-28-19)20-8-11-23-22(25-20)26-12-9-18(10-13-26)15-17-5-2-1-3-6-17/h1-3,5-6,8,11,18-19H,4,7,9-10,12-16H2,(H,24,27). The van der Waals surface area contributed by atoms with E-state index in [0.717, 1.165) is 51.8 Å². The minimum atomic E-state index is -0.155. The van der Waals surface area contributed by atoms with E-state index in [0.29, 0.717) is 24.1 Å². The van der Waals surface area contributed by atoms with Gasteiger partial charge in [0.05, 0.1) is 6.10 Å². The lowest BCUT2D eigenvalue weighted by Crippen LogP contribution is -2.36. The Morgan fingerprint density at radius 1 is 1.14 bits per heavy atom. The summed E-state index contributed by atoms with van der Waals surface area (Å²) in [5.74, 6) is 1.19. The van der Waals surface area contributed by atoms with Gasteiger partial charge in [-0.2, -0.15) is 0 Å². The Morgan fingerprint density at radius 3 is 2.71 bits per heavy atom. The van der Waals surface area contributed by atoms with Gasteiger partial charge in [0.1, 0.15) is 5.69 Å². The average Bonchev–Trinajstić information content (AvgIpc) is 3.27. The summed E-state index contributed by atoms with van der Waals surface area (Å²) in [5, 5.41) is 2.93. The van der Waals surface area contributed by atoms with Gasteiger partial charge in [-0.15, -0.1) is 0 Å². The van der Waals surface area contributed by atoms with Gasteiger partial charge in [0.15, 0.2) is 0 Å². The van der Waals surface area contributed by atoms with Gasteiger partial charge in [-0.1, -0.05) is 30.3 Å². The first-order chi connectivity index (χ1) is 13.8. The van der Waals surface area contributed by atoms with Gasteiger partial charge in [-0.3, -0.25) is 4.79 Å². The zero-order valence-corrected chi connectivity index (χ0v) is 16.2. The van der Waals surface area contributed by atoms with Crippen LogP contribution in [0.5, 0.6) is 0 Å². The number of rotatable bonds is 6. The van der Waals surface area contributed by atoms with E-state index in [1.807, 2.05) is 0 Å². The Morgan fingerprint density at radius 2 is 1.96 bits per heavy atom. The van der Waals surface area contributed by atoms with Crippen molar-refractivity contribution in [1.29, 1.82) is 0 Å². The highest BCUT2D eigenvalue weighted by Crippen LogP contribution is 2.24. The Labute approximate surface area is 166 Å². The number of nitrogens with zero attached hydrogens (tertiary/aromatic N) is 3. The topological polar surface area (TPSA) is 67.3 Å². The molecule has 6 nitrogen and oxygen atoms in total. The van der Waals surface area contributed by atoms with Gasteiger partial charge in [-0.25, -0.2) is 9.97 Å². The molecule has 28 heavy (non-hydrogen) atoms. The van der Waals surface area contributed by atoms with E-state index in [4.69, 9.17) is 4.74 Å². The van der Waals surface area contributed by atoms with Crippen LogP contribution in [0.15, 0.2) is 42.6 Å². The number of ether oxygens (including phenoxy) is 1. The normalized spacial score (nSPS) is 20.3. The first-order valence-corrected chi connectivity index (χ1v) is 10.3. The summed E-state index contributed by atoms with van der Waals surface area (Å²) in [5.41, 5.74) is 1.83. The van der Waals surface area contributed by atoms with Crippen LogP contribution < -0.4 is 10.2 Å². The van der Waals surface area contributed by atoms with Crippen LogP contribution in [-0.4, -0.2) is 48.2 Å². The second-order valence-corrected chi connectivity index (χ2v) is 7.71. The van der Waals surface area contributed by atoms with Gasteiger partial charge in [-0.05, 0) is 49.7 Å². The molecule has 0 saturated carbocycles. The van der Waals surface area contributed by atoms with E-state index in [1.165, 1.54) is 5.56 Å². The van der Waals surface area contributed by atoms with Crippen molar-refractivity contribution in [2.75, 3.05) is 31.1 Å². The molecule has 2 aliphatic heterocycles. The summed E-state index contributed by atoms with van der Waals surface area (Å²) in [4.78, 5) is 23.5. The monoisotopic (exact) mass is 380 g/mol. The Bertz CT molecular complexity index is 769. The number of aromatic nitrogens is 2. The number of piperidine rings is 1. The second-order valence-electron chi connectivity index (χ2n) is 7.71. The van der Waals surface area contributed by atoms with Crippen LogP contribution in [0.25, 0.3) is 0 Å². The fraction of sp³-hybridized carbons (Fsp3) is 0.500. The predicted molar refractivity (Wildman–Crippen MR) is 108 cm³/mol. The summed E-state index contributed by atoms with van der Waals surface area (Å²) in [6.45, 7) is 3.19. The van der Waals surface area contributed by atoms with E-state index in [9.17, 15) is 4.79 Å². The van der Waals surface area contributed by atoms with Gasteiger partial charge in [0.25, 0.3) is 5.91 Å². The van der Waals surface area contributed by atoms with Gasteiger partial charge in [0.2, 0.25) is 5.95 Å². The number of hydrogen-bond donors (Lipinski definition) is 1. The minimum absolute atomic E-state index is 0.133. The van der Waals surface area contributed by atoms with Crippen molar-refractivity contribution in [2.45, 2.75) is 38.2 Å². The smallest absolute Gasteiger partial charge is 0.270 e. The van der Waals surface area contributed by atoms with Crippen molar-refractivity contribution < 1.29 is 9.53 Å². The SMILES string of the molecule is O=C(NCC1CCCO1)c1ccnc(N2CCC(Cc3ccccc3)CC2)n1. The Balaban J connectivity index is 1.30. The molecular weight excluding hydrogens is 352 g/mol. The number of hydrogen-bond acceptors (Lipinski definition) is 5. The van der Waals surface area contributed by atoms with Crippen molar-refractivity contribution >= 4 is 11.9 Å². The Hall–Kier alpha value is -2.47. The van der Waals surface area contributed by atoms with Crippen molar-refractivity contribution in [3.8, 4) is 0 Å². The summed E-state index contributed by atoms with van der Waals surface area (Å²) >= 11 is 0. The minimum Gasteiger partial charge on any atom is -0.376 e. The van der Waals surface area contributed by atoms with Gasteiger partial charge in [0, 0.05) is 32.4 Å². The van der Waals surface area contributed by atoms with E-state index in [1.54, 1.807) is 12.3 Å². The molecule has 0 bridgehead atoms. The number of anilines is 1. The van der Waals surface area contributed by atoms with E-state index >= 15 is 0 Å². The molecular formula is C22H28N4O2. The summed E-state index contributed by atoms with van der Waals surface area (Å²) in [6, 6.07) is 12.4. The molecule has 2 saturated heterocycles. The number of benzene rings is 1. The van der Waals surface area contributed by atoms with Crippen LogP contribution in [-0.2, 0) is 11.2 Å². The van der Waals surface area contributed by atoms with Crippen LogP contribution in [0.3, 0.4) is 0 Å². The van der Waals surface area contributed by atoms with Crippen molar-refractivity contribution in [2.24, 2.45) is 5.92 Å². The third-order valence-corrected chi connectivity index (χ3v) is 5.65. The maximum absolute atomic E-state index is 12.4. The third kappa shape index (κ3) is 4.87. The number of carbonyl (C=O) groups is 1. The molecule has 4 rings (SSSR count). The molecule has 1 unspecified atom stereocenters. The Kier molecular flexibility index (Phi) is 6.17. The summed E-state index contributed by atoms with van der Waals surface area (Å²) in [6.07, 6.45) is 7.25. The van der Waals surface area contributed by atoms with Gasteiger partial charge >= 0.3 is 0 Å². The van der Waals surface area contributed by atoms with Crippen molar-refractivity contribution in [3.05, 3.63) is 53.9 Å². The third-order valence-electron chi connectivity index (χ3n) is 5.65. The molecule has 1 aromatic heterocycles. The van der Waals surface area contributed by atoms with Crippen LogP contribution in [0, 0.1) is 5.92 Å². The fourth-order valence-electron chi connectivity index (χ4n) is 4.01. The van der Waals surface area contributed by atoms with Crippen LogP contribution in [0.1, 0.15) is 41.7 Å². The van der Waals surface area contributed by atoms with Crippen LogP contribution in [0.4, 0.5) is 5.95 Å². The molecule has 0 aliphatic carbocycles. The lowest BCUT2D eigenvalue weighted by Gasteiger charge is -2.32. The first kappa shape index (κ1) is 18.9. The van der Waals surface area contributed by atoms with Crippen molar-refractivity contribution in [1.82, 2.24) is 15.3 Å². The van der Waals surface area contributed by atoms with E-state index < -0.39 is 0 Å². The molecule has 1 atom stereocenters. The molecule has 6 heteroatoms. The second kappa shape index (κ2) is 9.15. The molecule has 0 radical (unpaired) electrons. The zero-order valence-electron chi connectivity index (χ0n) is 16.2. The molecule has 1 amide bonds. The quantitative estimate of drug-likeness (QED) is 0.835. The molecule has 1 N–H and O–H groups in total. The lowest BCUT2D eigenvalue weighted by atomic mass is 9.90. The number of carbonyl (C=O) groups excluding carboxylic acids is 1. The highest BCUT2D eigenvalue weighted by Gasteiger charge is 2.22. The molecule has 2 fully saturated rings. The molecule has 1 aromatic carbocycles. The zero-order chi connectivity index (χ0) is 19.2. The maximum atomic E-state index is 12.4. The first-order valence-electron chi connectivity index (χ1n) is 10.3. The van der Waals surface area contributed by atoms with Crippen LogP contribution >= 0.6 is 0 Å². The van der Waals surface area contributed by atoms with Gasteiger partial charge < -0.3 is 15.0 Å². The number of amides is 1. The predicted octanol–water partition coefficient (Wildman–Crippen LogP) is 2.84. The molecule has 0 spiro atoms. The highest BCUT2D eigenvalue weighted by molar-refractivity contribution is 5.92. The van der Waals surface area contributed by atoms with E-state index in [-0.39, 0.29) is 12.0 Å². The average molecular weight is 380 g/mol. The fourth-order valence-corrected chi connectivity index (χ4v) is 4.01. The maximum Gasteiger partial charge on any atom is 0.270 e. The van der Waals surface area contributed by atoms with Crippen LogP contribution in [0.2, 0.25) is 0 Å². The summed E-state index contributed by atoms with van der Waals surface area (Å²) in [7, 11) is 0. The van der Waals surface area contributed by atoms with Crippen molar-refractivity contribution in [3.63, 3.8) is 0 Å². The molecule has 148 valence electrons. The molecule has 2 aromatic rings. The molecule has 3 heterocycles. The summed E-state index contributed by atoms with van der Waals surface area (Å²) < 4.78 is 5.55. The highest BCUT2D eigenvalue weighted by atomic mass is 16.5. The lowest BCUT2D eigenvalue weighted by molar-refractivity contribution is 0.0853.